The van der Waals surface area contributed by atoms with Crippen LogP contribution in [0.5, 0.6) is 0 Å². The molecule has 210 valence electrons. The summed E-state index contributed by atoms with van der Waals surface area (Å²) >= 11 is -2.52. The van der Waals surface area contributed by atoms with Gasteiger partial charge in [-0.15, -0.1) is 0 Å². The molecule has 0 N–H and O–H groups in total. The topological polar surface area (TPSA) is 0 Å². The fourth-order valence-corrected chi connectivity index (χ4v) is 42.8. The molecule has 4 aromatic carbocycles. The number of halogens is 4. The summed E-state index contributed by atoms with van der Waals surface area (Å²) in [5, 5.41) is 0. The molecule has 0 atom stereocenters. The Morgan fingerprint density at radius 3 is 1.24 bits per heavy atom. The van der Waals surface area contributed by atoms with Gasteiger partial charge in [0.1, 0.15) is 0 Å². The van der Waals surface area contributed by atoms with Crippen LogP contribution in [0.1, 0.15) is 37.8 Å². The van der Waals surface area contributed by atoms with Gasteiger partial charge >= 0.3 is 246 Å². The predicted octanol–water partition coefficient (Wildman–Crippen LogP) is 2.22. The zero-order valence-corrected chi connectivity index (χ0v) is 29.5. The third kappa shape index (κ3) is 6.60. The molecule has 2 aliphatic carbocycles. The number of hydrogen-bond donors (Lipinski definition) is 0. The van der Waals surface area contributed by atoms with E-state index in [2.05, 4.69) is 86.7 Å². The van der Waals surface area contributed by atoms with Crippen molar-refractivity contribution in [2.24, 2.45) is 0 Å². The molecule has 0 saturated heterocycles. The molecule has 0 nitrogen and oxygen atoms in total. The van der Waals surface area contributed by atoms with Gasteiger partial charge in [0.05, 0.1) is 0 Å². The molecule has 0 aromatic heterocycles. The number of benzene rings is 4. The molecular formula is C36H30Cl2F2GeZr. The molecule has 0 unspecified atom stereocenters. The molecule has 0 fully saturated rings. The molecule has 0 bridgehead atoms. The summed E-state index contributed by atoms with van der Waals surface area (Å²) in [4.78, 5) is 0. The minimum atomic E-state index is -2.52. The second kappa shape index (κ2) is 14.5. The first-order valence-electron chi connectivity index (χ1n) is 13.7. The molecule has 4 aromatic rings. The molecule has 42 heavy (non-hydrogen) atoms. The Morgan fingerprint density at radius 2 is 0.881 bits per heavy atom. The molecule has 6 heteroatoms. The van der Waals surface area contributed by atoms with Gasteiger partial charge in [0, 0.05) is 0 Å². The van der Waals surface area contributed by atoms with Gasteiger partial charge in [0.15, 0.2) is 0 Å². The van der Waals surface area contributed by atoms with Crippen LogP contribution in [0, 0.1) is 11.6 Å². The SMILES string of the molecule is CC1=[C]([Zr+2]([C]2=C(C)C(c3ccc(F)cc3)=CC2)=[Ge]([c]2ccccc2)[c]2ccccc2)CC=C1c1ccc(F)cc1.[Cl-].[Cl-]. The van der Waals surface area contributed by atoms with Gasteiger partial charge in [-0.3, -0.25) is 0 Å². The normalized spacial score (nSPS) is 14.0. The molecule has 0 saturated carbocycles. The fourth-order valence-electron chi connectivity index (χ4n) is 6.00. The Labute approximate surface area is 268 Å². The predicted molar refractivity (Wildman–Crippen MR) is 161 cm³/mol. The molecule has 6 rings (SSSR count). The monoisotopic (exact) mass is 734 g/mol. The third-order valence-electron chi connectivity index (χ3n) is 8.02. The average Bonchev–Trinajstić information content (AvgIpc) is 3.55. The van der Waals surface area contributed by atoms with Gasteiger partial charge in [0.25, 0.3) is 0 Å². The van der Waals surface area contributed by atoms with E-state index in [4.69, 9.17) is 0 Å². The van der Waals surface area contributed by atoms with E-state index >= 15 is 0 Å². The van der Waals surface area contributed by atoms with Gasteiger partial charge in [-0.25, -0.2) is 0 Å². The fraction of sp³-hybridized carbons (Fsp3) is 0.111. The summed E-state index contributed by atoms with van der Waals surface area (Å²) < 4.78 is 33.9. The smallest absolute Gasteiger partial charge is 1.00 e. The van der Waals surface area contributed by atoms with Crippen molar-refractivity contribution in [3.8, 4) is 0 Å². The minimum Gasteiger partial charge on any atom is -1.00 e. The van der Waals surface area contributed by atoms with Crippen molar-refractivity contribution in [2.75, 3.05) is 0 Å². The van der Waals surface area contributed by atoms with Gasteiger partial charge in [-0.1, -0.05) is 0 Å². The van der Waals surface area contributed by atoms with Crippen molar-refractivity contribution in [2.45, 2.75) is 26.7 Å². The van der Waals surface area contributed by atoms with Gasteiger partial charge in [-0.2, -0.15) is 0 Å². The largest absolute Gasteiger partial charge is 1.00 e. The molecule has 2 aliphatic rings. The van der Waals surface area contributed by atoms with Crippen LogP contribution in [0.25, 0.3) is 11.1 Å². The van der Waals surface area contributed by atoms with Gasteiger partial charge < -0.3 is 24.8 Å². The first kappa shape index (κ1) is 32.6. The molecule has 0 amide bonds. The van der Waals surface area contributed by atoms with Crippen LogP contribution in [0.3, 0.4) is 0 Å². The maximum atomic E-state index is 13.8. The summed E-state index contributed by atoms with van der Waals surface area (Å²) in [7, 11) is -2.00. The van der Waals surface area contributed by atoms with Crippen LogP contribution in [-0.2, 0) is 18.6 Å². The van der Waals surface area contributed by atoms with E-state index in [1.165, 1.54) is 31.1 Å². The van der Waals surface area contributed by atoms with E-state index in [0.29, 0.717) is 0 Å². The van der Waals surface area contributed by atoms with E-state index in [9.17, 15) is 8.78 Å². The van der Waals surface area contributed by atoms with Gasteiger partial charge in [-0.05, 0) is 0 Å². The van der Waals surface area contributed by atoms with Crippen LogP contribution >= 0.6 is 0 Å². The second-order valence-electron chi connectivity index (χ2n) is 10.3. The Bertz CT molecular complexity index is 1610. The maximum Gasteiger partial charge on any atom is -1.00 e. The number of rotatable bonds is 6. The average molecular weight is 735 g/mol. The molecule has 0 spiro atoms. The minimum absolute atomic E-state index is 0. The van der Waals surface area contributed by atoms with Crippen molar-refractivity contribution < 1.29 is 52.2 Å². The van der Waals surface area contributed by atoms with Crippen LogP contribution < -0.4 is 33.6 Å². The van der Waals surface area contributed by atoms with Crippen LogP contribution in [0.4, 0.5) is 8.78 Å². The van der Waals surface area contributed by atoms with Crippen molar-refractivity contribution >= 4 is 29.9 Å². The first-order chi connectivity index (χ1) is 19.5. The molecule has 0 aliphatic heterocycles. The van der Waals surface area contributed by atoms with E-state index in [0.717, 1.165) is 24.0 Å². The Balaban J connectivity index is 0.00000202. The van der Waals surface area contributed by atoms with Crippen molar-refractivity contribution in [3.05, 3.63) is 162 Å². The van der Waals surface area contributed by atoms with E-state index in [1.807, 2.05) is 24.3 Å². The van der Waals surface area contributed by atoms with E-state index in [-0.39, 0.29) is 36.4 Å². The number of allylic oxidation sites excluding steroid dienone is 8. The summed E-state index contributed by atoms with van der Waals surface area (Å²) in [5.74, 6) is -0.401. The summed E-state index contributed by atoms with van der Waals surface area (Å²) in [5.41, 5.74) is 7.51. The third-order valence-corrected chi connectivity index (χ3v) is 40.0. The number of hydrogen-bond acceptors (Lipinski definition) is 0. The van der Waals surface area contributed by atoms with Crippen LogP contribution in [-0.4, -0.2) is 9.98 Å². The Hall–Kier alpha value is -2.29. The summed E-state index contributed by atoms with van der Waals surface area (Å²) in [6.45, 7) is 4.59. The maximum absolute atomic E-state index is 13.8. The standard InChI is InChI=1S/2C12H10F.C12H10Ge.2ClH.Zr/c2*1-9-3-2-4-12(9)10-5-7-11(13)8-6-10;1-3-7-11(8-4-1)13-12-9-5-2-6-10-12;;;/h2*4-8H,2H2,1H3;1-10H;2*1H;/q;;;;;+2/p-2. The quantitative estimate of drug-likeness (QED) is 0.267. The Morgan fingerprint density at radius 1 is 0.524 bits per heavy atom. The van der Waals surface area contributed by atoms with E-state index < -0.39 is 28.6 Å². The zero-order chi connectivity index (χ0) is 27.6. The van der Waals surface area contributed by atoms with Crippen LogP contribution in [0.15, 0.2) is 139 Å². The summed E-state index contributed by atoms with van der Waals surface area (Å²) in [6, 6.07) is 36.4. The zero-order valence-electron chi connectivity index (χ0n) is 23.5. The molecule has 0 radical (unpaired) electrons. The summed E-state index contributed by atoms with van der Waals surface area (Å²) in [6.07, 6.45) is 6.71. The molecular weight excluding hydrogens is 705 g/mol. The van der Waals surface area contributed by atoms with Crippen molar-refractivity contribution in [3.63, 3.8) is 0 Å². The first-order valence-corrected chi connectivity index (χ1v) is 25.7. The second-order valence-corrected chi connectivity index (χ2v) is 31.7. The van der Waals surface area contributed by atoms with Crippen molar-refractivity contribution in [1.82, 2.24) is 0 Å². The van der Waals surface area contributed by atoms with Crippen LogP contribution in [0.2, 0.25) is 0 Å². The van der Waals surface area contributed by atoms with Gasteiger partial charge in [0.2, 0.25) is 0 Å². The Kier molecular flexibility index (Phi) is 11.2. The molecule has 0 heterocycles. The van der Waals surface area contributed by atoms with Crippen molar-refractivity contribution in [1.29, 1.82) is 0 Å². The van der Waals surface area contributed by atoms with E-state index in [1.54, 1.807) is 30.8 Å².